The molecule has 1 heterocycles. The third-order valence-corrected chi connectivity index (χ3v) is 5.26. The fourth-order valence-corrected chi connectivity index (χ4v) is 3.49. The predicted molar refractivity (Wildman–Crippen MR) is 110 cm³/mol. The second-order valence-corrected chi connectivity index (χ2v) is 7.44. The van der Waals surface area contributed by atoms with Gasteiger partial charge < -0.3 is 15.0 Å². The van der Waals surface area contributed by atoms with Crippen molar-refractivity contribution in [3.8, 4) is 0 Å². The van der Waals surface area contributed by atoms with Gasteiger partial charge in [-0.15, -0.1) is 0 Å². The minimum atomic E-state index is -0.395. The molecule has 2 aromatic carbocycles. The Hall–Kier alpha value is -2.86. The summed E-state index contributed by atoms with van der Waals surface area (Å²) in [6.45, 7) is 1.40. The van der Waals surface area contributed by atoms with E-state index < -0.39 is 5.97 Å². The fraction of sp³-hybridized carbons (Fsp3) is 0.318. The topological polar surface area (TPSA) is 75.7 Å². The zero-order valence-electron chi connectivity index (χ0n) is 16.2. The zero-order chi connectivity index (χ0) is 20.8. The van der Waals surface area contributed by atoms with Gasteiger partial charge in [-0.1, -0.05) is 23.7 Å². The molecule has 7 heteroatoms. The third kappa shape index (κ3) is 5.35. The number of carbonyl (C=O) groups is 3. The maximum absolute atomic E-state index is 12.7. The largest absolute Gasteiger partial charge is 0.465 e. The van der Waals surface area contributed by atoms with Gasteiger partial charge in [-0.25, -0.2) is 4.79 Å². The maximum atomic E-state index is 12.7. The molecule has 1 aliphatic rings. The summed E-state index contributed by atoms with van der Waals surface area (Å²) in [5, 5.41) is 3.51. The minimum Gasteiger partial charge on any atom is -0.465 e. The molecule has 152 valence electrons. The van der Waals surface area contributed by atoms with Crippen LogP contribution in [0.2, 0.25) is 5.02 Å². The molecule has 2 aromatic rings. The van der Waals surface area contributed by atoms with Gasteiger partial charge in [-0.3, -0.25) is 9.59 Å². The molecule has 29 heavy (non-hydrogen) atoms. The normalized spacial score (nSPS) is 16.2. The van der Waals surface area contributed by atoms with Crippen LogP contribution >= 0.6 is 11.6 Å². The van der Waals surface area contributed by atoms with Crippen LogP contribution in [-0.4, -0.2) is 42.9 Å². The van der Waals surface area contributed by atoms with Crippen LogP contribution in [-0.2, 0) is 16.1 Å². The number of piperidine rings is 1. The van der Waals surface area contributed by atoms with Crippen LogP contribution in [0.15, 0.2) is 48.5 Å². The van der Waals surface area contributed by atoms with Crippen LogP contribution in [0, 0.1) is 5.92 Å². The van der Waals surface area contributed by atoms with Crippen LogP contribution in [0.4, 0.5) is 0 Å². The minimum absolute atomic E-state index is 0.0735. The summed E-state index contributed by atoms with van der Waals surface area (Å²) in [6.07, 6.45) is 1.53. The number of methoxy groups -OCH3 is 1. The molecular weight excluding hydrogens is 392 g/mol. The lowest BCUT2D eigenvalue weighted by atomic mass is 9.96. The number of nitrogens with one attached hydrogen (secondary N) is 1. The average Bonchev–Trinajstić information content (AvgIpc) is 2.77. The Bertz CT molecular complexity index is 881. The molecule has 1 aliphatic heterocycles. The molecule has 1 saturated heterocycles. The molecular formula is C22H23ClN2O4. The molecule has 1 atom stereocenters. The summed E-state index contributed by atoms with van der Waals surface area (Å²) < 4.78 is 4.67. The molecule has 1 fully saturated rings. The van der Waals surface area contributed by atoms with Gasteiger partial charge in [0.2, 0.25) is 5.91 Å². The lowest BCUT2D eigenvalue weighted by Crippen LogP contribution is -2.45. The summed E-state index contributed by atoms with van der Waals surface area (Å²) in [5.41, 5.74) is 1.92. The molecule has 1 N–H and O–H groups in total. The number of hydrogen-bond acceptors (Lipinski definition) is 4. The molecule has 0 aliphatic carbocycles. The number of amides is 2. The Labute approximate surface area is 174 Å². The first-order valence-corrected chi connectivity index (χ1v) is 9.85. The monoisotopic (exact) mass is 414 g/mol. The van der Waals surface area contributed by atoms with Gasteiger partial charge in [-0.05, 0) is 54.8 Å². The van der Waals surface area contributed by atoms with E-state index in [9.17, 15) is 14.4 Å². The Morgan fingerprint density at radius 1 is 1.07 bits per heavy atom. The molecule has 0 spiro atoms. The number of ether oxygens (including phenoxy) is 1. The highest BCUT2D eigenvalue weighted by molar-refractivity contribution is 6.30. The van der Waals surface area contributed by atoms with E-state index in [1.165, 1.54) is 7.11 Å². The van der Waals surface area contributed by atoms with Gasteiger partial charge in [0.15, 0.2) is 0 Å². The van der Waals surface area contributed by atoms with Crippen molar-refractivity contribution >= 4 is 29.4 Å². The van der Waals surface area contributed by atoms with Crippen molar-refractivity contribution in [1.82, 2.24) is 10.2 Å². The van der Waals surface area contributed by atoms with E-state index in [1.807, 2.05) is 0 Å². The summed E-state index contributed by atoms with van der Waals surface area (Å²) in [6, 6.07) is 13.7. The number of carbonyl (C=O) groups excluding carboxylic acids is 3. The predicted octanol–water partition coefficient (Wildman–Crippen LogP) is 3.30. The molecule has 1 unspecified atom stereocenters. The standard InChI is InChI=1S/C22H23ClN2O4/c1-29-22(28)17-6-4-15(5-7-17)13-24-20(26)18-3-2-12-25(14-18)21(27)16-8-10-19(23)11-9-16/h4-11,18H,2-3,12-14H2,1H3,(H,24,26). The number of rotatable bonds is 5. The molecule has 0 bridgehead atoms. The number of halogens is 1. The SMILES string of the molecule is COC(=O)c1ccc(CNC(=O)C2CCCN(C(=O)c3ccc(Cl)cc3)C2)cc1. The highest BCUT2D eigenvalue weighted by atomic mass is 35.5. The van der Waals surface area contributed by atoms with Crippen molar-refractivity contribution in [2.75, 3.05) is 20.2 Å². The molecule has 0 aromatic heterocycles. The van der Waals surface area contributed by atoms with Crippen molar-refractivity contribution < 1.29 is 19.1 Å². The van der Waals surface area contributed by atoms with Crippen molar-refractivity contribution in [3.05, 3.63) is 70.2 Å². The van der Waals surface area contributed by atoms with Crippen LogP contribution in [0.25, 0.3) is 0 Å². The summed E-state index contributed by atoms with van der Waals surface area (Å²) >= 11 is 5.88. The molecule has 0 saturated carbocycles. The van der Waals surface area contributed by atoms with Gasteiger partial charge >= 0.3 is 5.97 Å². The summed E-state index contributed by atoms with van der Waals surface area (Å²) in [4.78, 5) is 38.5. The Morgan fingerprint density at radius 3 is 2.38 bits per heavy atom. The van der Waals surface area contributed by atoms with E-state index in [0.29, 0.717) is 35.8 Å². The first kappa shape index (κ1) is 20.9. The Balaban J connectivity index is 1.54. The molecule has 6 nitrogen and oxygen atoms in total. The maximum Gasteiger partial charge on any atom is 0.337 e. The average molecular weight is 415 g/mol. The lowest BCUT2D eigenvalue weighted by molar-refractivity contribution is -0.126. The fourth-order valence-electron chi connectivity index (χ4n) is 3.36. The summed E-state index contributed by atoms with van der Waals surface area (Å²) in [7, 11) is 1.33. The van der Waals surface area contributed by atoms with Crippen molar-refractivity contribution in [2.24, 2.45) is 5.92 Å². The van der Waals surface area contributed by atoms with E-state index in [1.54, 1.807) is 53.4 Å². The van der Waals surface area contributed by atoms with E-state index in [-0.39, 0.29) is 17.7 Å². The first-order valence-electron chi connectivity index (χ1n) is 9.47. The smallest absolute Gasteiger partial charge is 0.337 e. The van der Waals surface area contributed by atoms with Crippen molar-refractivity contribution in [2.45, 2.75) is 19.4 Å². The number of esters is 1. The number of benzene rings is 2. The second-order valence-electron chi connectivity index (χ2n) is 7.00. The third-order valence-electron chi connectivity index (χ3n) is 5.01. The number of likely N-dealkylation sites (tertiary alicyclic amines) is 1. The Morgan fingerprint density at radius 2 is 1.72 bits per heavy atom. The van der Waals surface area contributed by atoms with E-state index in [0.717, 1.165) is 18.4 Å². The quantitative estimate of drug-likeness (QED) is 0.762. The van der Waals surface area contributed by atoms with Crippen molar-refractivity contribution in [1.29, 1.82) is 0 Å². The summed E-state index contributed by atoms with van der Waals surface area (Å²) in [5.74, 6) is -0.796. The van der Waals surface area contributed by atoms with Gasteiger partial charge in [0.05, 0.1) is 18.6 Å². The second kappa shape index (κ2) is 9.56. The molecule has 0 radical (unpaired) electrons. The van der Waals surface area contributed by atoms with Crippen molar-refractivity contribution in [3.63, 3.8) is 0 Å². The van der Waals surface area contributed by atoms with Crippen LogP contribution < -0.4 is 5.32 Å². The number of nitrogens with zero attached hydrogens (tertiary/aromatic N) is 1. The van der Waals surface area contributed by atoms with E-state index in [2.05, 4.69) is 10.1 Å². The highest BCUT2D eigenvalue weighted by Gasteiger charge is 2.28. The van der Waals surface area contributed by atoms with E-state index >= 15 is 0 Å². The van der Waals surface area contributed by atoms with Gasteiger partial charge in [0.1, 0.15) is 0 Å². The lowest BCUT2D eigenvalue weighted by Gasteiger charge is -2.32. The van der Waals surface area contributed by atoms with E-state index in [4.69, 9.17) is 11.6 Å². The number of hydrogen-bond donors (Lipinski definition) is 1. The highest BCUT2D eigenvalue weighted by Crippen LogP contribution is 2.20. The van der Waals surface area contributed by atoms with Gasteiger partial charge in [-0.2, -0.15) is 0 Å². The van der Waals surface area contributed by atoms with Crippen LogP contribution in [0.1, 0.15) is 39.1 Å². The van der Waals surface area contributed by atoms with Gasteiger partial charge in [0.25, 0.3) is 5.91 Å². The van der Waals surface area contributed by atoms with Crippen LogP contribution in [0.5, 0.6) is 0 Å². The molecule has 2 amide bonds. The molecule has 3 rings (SSSR count). The first-order chi connectivity index (χ1) is 14.0. The van der Waals surface area contributed by atoms with Crippen LogP contribution in [0.3, 0.4) is 0 Å². The Kier molecular flexibility index (Phi) is 6.88. The zero-order valence-corrected chi connectivity index (χ0v) is 16.9. The van der Waals surface area contributed by atoms with Gasteiger partial charge in [0, 0.05) is 30.2 Å².